The van der Waals surface area contributed by atoms with E-state index in [1.54, 1.807) is 25.1 Å². The lowest BCUT2D eigenvalue weighted by molar-refractivity contribution is 0.0696. The SMILES string of the molecule is Cc1c(C(=O)O)cnn1-c1ccccc1F. The van der Waals surface area contributed by atoms with E-state index in [1.807, 2.05) is 0 Å². The number of aromatic carboxylic acids is 1. The molecule has 1 N–H and O–H groups in total. The highest BCUT2D eigenvalue weighted by Gasteiger charge is 2.15. The number of hydrogen-bond acceptors (Lipinski definition) is 2. The molecule has 0 fully saturated rings. The summed E-state index contributed by atoms with van der Waals surface area (Å²) in [6, 6.07) is 6.08. The van der Waals surface area contributed by atoms with Crippen LogP contribution in [0.5, 0.6) is 0 Å². The van der Waals surface area contributed by atoms with Crippen LogP contribution in [-0.4, -0.2) is 20.9 Å². The van der Waals surface area contributed by atoms with Crippen LogP contribution in [0.2, 0.25) is 0 Å². The number of rotatable bonds is 2. The summed E-state index contributed by atoms with van der Waals surface area (Å²) in [7, 11) is 0. The Morgan fingerprint density at radius 3 is 2.69 bits per heavy atom. The fourth-order valence-corrected chi connectivity index (χ4v) is 1.49. The minimum absolute atomic E-state index is 0.0725. The van der Waals surface area contributed by atoms with E-state index in [0.29, 0.717) is 5.69 Å². The standard InChI is InChI=1S/C11H9FN2O2/c1-7-8(11(15)16)6-13-14(7)10-5-3-2-4-9(10)12/h2-6H,1H3,(H,15,16). The molecule has 1 aromatic carbocycles. The second kappa shape index (κ2) is 3.77. The molecule has 0 aliphatic heterocycles. The van der Waals surface area contributed by atoms with E-state index in [0.717, 1.165) is 0 Å². The maximum Gasteiger partial charge on any atom is 0.339 e. The van der Waals surface area contributed by atoms with Crippen LogP contribution in [0.4, 0.5) is 4.39 Å². The second-order valence-corrected chi connectivity index (χ2v) is 3.31. The minimum atomic E-state index is -1.07. The first-order chi connectivity index (χ1) is 7.61. The molecule has 0 saturated heterocycles. The van der Waals surface area contributed by atoms with Crippen LogP contribution in [0.15, 0.2) is 30.5 Å². The summed E-state index contributed by atoms with van der Waals surface area (Å²) in [5.74, 6) is -1.51. The van der Waals surface area contributed by atoms with Gasteiger partial charge in [-0.25, -0.2) is 13.9 Å². The average Bonchev–Trinajstić information content (AvgIpc) is 2.61. The normalized spacial score (nSPS) is 10.4. The summed E-state index contributed by atoms with van der Waals surface area (Å²) < 4.78 is 14.7. The van der Waals surface area contributed by atoms with Gasteiger partial charge in [-0.2, -0.15) is 5.10 Å². The number of carbonyl (C=O) groups is 1. The summed E-state index contributed by atoms with van der Waals surface area (Å²) in [6.07, 6.45) is 1.21. The Labute approximate surface area is 90.9 Å². The van der Waals surface area contributed by atoms with Gasteiger partial charge in [-0.05, 0) is 19.1 Å². The molecular formula is C11H9FN2O2. The quantitative estimate of drug-likeness (QED) is 0.842. The molecule has 0 radical (unpaired) electrons. The fraction of sp³-hybridized carbons (Fsp3) is 0.0909. The molecule has 0 unspecified atom stereocenters. The lowest BCUT2D eigenvalue weighted by Gasteiger charge is -2.05. The van der Waals surface area contributed by atoms with E-state index in [9.17, 15) is 9.18 Å². The number of hydrogen-bond donors (Lipinski definition) is 1. The van der Waals surface area contributed by atoms with Gasteiger partial charge in [0.15, 0.2) is 0 Å². The van der Waals surface area contributed by atoms with Gasteiger partial charge in [-0.1, -0.05) is 12.1 Å². The van der Waals surface area contributed by atoms with Crippen LogP contribution >= 0.6 is 0 Å². The highest BCUT2D eigenvalue weighted by molar-refractivity contribution is 5.88. The number of halogens is 1. The monoisotopic (exact) mass is 220 g/mol. The molecule has 0 aliphatic carbocycles. The van der Waals surface area contributed by atoms with Gasteiger partial charge in [0.1, 0.15) is 17.1 Å². The van der Waals surface area contributed by atoms with E-state index >= 15 is 0 Å². The number of para-hydroxylation sites is 1. The topological polar surface area (TPSA) is 55.1 Å². The van der Waals surface area contributed by atoms with Crippen molar-refractivity contribution in [2.24, 2.45) is 0 Å². The van der Waals surface area contributed by atoms with E-state index < -0.39 is 11.8 Å². The molecule has 2 rings (SSSR count). The molecule has 0 amide bonds. The Morgan fingerprint density at radius 2 is 2.12 bits per heavy atom. The van der Waals surface area contributed by atoms with Crippen LogP contribution in [0, 0.1) is 12.7 Å². The van der Waals surface area contributed by atoms with Crippen molar-refractivity contribution < 1.29 is 14.3 Å². The van der Waals surface area contributed by atoms with Gasteiger partial charge >= 0.3 is 5.97 Å². The van der Waals surface area contributed by atoms with Gasteiger partial charge in [-0.15, -0.1) is 0 Å². The first-order valence-electron chi connectivity index (χ1n) is 4.64. The van der Waals surface area contributed by atoms with Crippen LogP contribution in [0.1, 0.15) is 16.1 Å². The first-order valence-corrected chi connectivity index (χ1v) is 4.64. The van der Waals surface area contributed by atoms with Crippen molar-refractivity contribution in [1.29, 1.82) is 0 Å². The lowest BCUT2D eigenvalue weighted by atomic mass is 10.2. The molecular weight excluding hydrogens is 211 g/mol. The Balaban J connectivity index is 2.58. The van der Waals surface area contributed by atoms with Gasteiger partial charge in [0.05, 0.1) is 11.9 Å². The maximum absolute atomic E-state index is 13.5. The van der Waals surface area contributed by atoms with Crippen molar-refractivity contribution in [3.63, 3.8) is 0 Å². The smallest absolute Gasteiger partial charge is 0.339 e. The van der Waals surface area contributed by atoms with Gasteiger partial charge < -0.3 is 5.11 Å². The van der Waals surface area contributed by atoms with Gasteiger partial charge in [-0.3, -0.25) is 0 Å². The molecule has 5 heteroatoms. The van der Waals surface area contributed by atoms with Crippen LogP contribution in [-0.2, 0) is 0 Å². The number of nitrogens with zero attached hydrogens (tertiary/aromatic N) is 2. The van der Waals surface area contributed by atoms with Gasteiger partial charge in [0.25, 0.3) is 0 Å². The molecule has 0 saturated carbocycles. The predicted molar refractivity (Wildman–Crippen MR) is 55.2 cm³/mol. The molecule has 1 aromatic heterocycles. The van der Waals surface area contributed by atoms with E-state index in [1.165, 1.54) is 16.9 Å². The Kier molecular flexibility index (Phi) is 2.44. The molecule has 1 heterocycles. The van der Waals surface area contributed by atoms with Crippen LogP contribution < -0.4 is 0 Å². The summed E-state index contributed by atoms with van der Waals surface area (Å²) in [6.45, 7) is 1.59. The fourth-order valence-electron chi connectivity index (χ4n) is 1.49. The number of benzene rings is 1. The van der Waals surface area contributed by atoms with Crippen molar-refractivity contribution >= 4 is 5.97 Å². The van der Waals surface area contributed by atoms with Crippen molar-refractivity contribution in [2.75, 3.05) is 0 Å². The number of aromatic nitrogens is 2. The van der Waals surface area contributed by atoms with E-state index in [4.69, 9.17) is 5.11 Å². The Bertz CT molecular complexity index is 549. The molecule has 82 valence electrons. The highest BCUT2D eigenvalue weighted by atomic mass is 19.1. The molecule has 16 heavy (non-hydrogen) atoms. The number of carboxylic acid groups (broad SMARTS) is 1. The number of carboxylic acids is 1. The molecule has 0 bridgehead atoms. The molecule has 0 spiro atoms. The third-order valence-electron chi connectivity index (χ3n) is 2.32. The van der Waals surface area contributed by atoms with Crippen molar-refractivity contribution in [1.82, 2.24) is 9.78 Å². The Morgan fingerprint density at radius 1 is 1.44 bits per heavy atom. The highest BCUT2D eigenvalue weighted by Crippen LogP contribution is 2.16. The van der Waals surface area contributed by atoms with Crippen LogP contribution in [0.25, 0.3) is 5.69 Å². The summed E-state index contributed by atoms with van der Waals surface area (Å²) in [4.78, 5) is 10.8. The zero-order valence-corrected chi connectivity index (χ0v) is 8.51. The third kappa shape index (κ3) is 1.56. The first kappa shape index (κ1) is 10.4. The zero-order chi connectivity index (χ0) is 11.7. The molecule has 2 aromatic rings. The maximum atomic E-state index is 13.5. The summed E-state index contributed by atoms with van der Waals surface area (Å²) in [5.41, 5.74) is 0.716. The van der Waals surface area contributed by atoms with Crippen molar-refractivity contribution in [2.45, 2.75) is 6.92 Å². The van der Waals surface area contributed by atoms with E-state index in [-0.39, 0.29) is 11.3 Å². The largest absolute Gasteiger partial charge is 0.478 e. The van der Waals surface area contributed by atoms with Crippen molar-refractivity contribution in [3.05, 3.63) is 47.5 Å². The minimum Gasteiger partial charge on any atom is -0.478 e. The average molecular weight is 220 g/mol. The zero-order valence-electron chi connectivity index (χ0n) is 8.51. The van der Waals surface area contributed by atoms with Gasteiger partial charge in [0, 0.05) is 0 Å². The molecule has 4 nitrogen and oxygen atoms in total. The lowest BCUT2D eigenvalue weighted by Crippen LogP contribution is -2.04. The van der Waals surface area contributed by atoms with Gasteiger partial charge in [0.2, 0.25) is 0 Å². The molecule has 0 aliphatic rings. The van der Waals surface area contributed by atoms with E-state index in [2.05, 4.69) is 5.10 Å². The summed E-state index contributed by atoms with van der Waals surface area (Å²) in [5, 5.41) is 12.7. The Hall–Kier alpha value is -2.17. The van der Waals surface area contributed by atoms with Crippen molar-refractivity contribution in [3.8, 4) is 5.69 Å². The summed E-state index contributed by atoms with van der Waals surface area (Å²) >= 11 is 0. The third-order valence-corrected chi connectivity index (χ3v) is 2.32. The predicted octanol–water partition coefficient (Wildman–Crippen LogP) is 2.02. The second-order valence-electron chi connectivity index (χ2n) is 3.31. The van der Waals surface area contributed by atoms with Crippen LogP contribution in [0.3, 0.4) is 0 Å². The molecule has 0 atom stereocenters.